The third-order valence-corrected chi connectivity index (χ3v) is 4.75. The Bertz CT molecular complexity index is 408. The van der Waals surface area contributed by atoms with Gasteiger partial charge < -0.3 is 5.32 Å². The summed E-state index contributed by atoms with van der Waals surface area (Å²) in [6.07, 6.45) is 4.14. The van der Waals surface area contributed by atoms with Crippen LogP contribution in [0.4, 0.5) is 0 Å². The van der Waals surface area contributed by atoms with Crippen LogP contribution in [0.15, 0.2) is 18.2 Å². The van der Waals surface area contributed by atoms with Crippen LogP contribution < -0.4 is 5.32 Å². The van der Waals surface area contributed by atoms with Gasteiger partial charge in [0.1, 0.15) is 0 Å². The highest BCUT2D eigenvalue weighted by Crippen LogP contribution is 2.41. The predicted octanol–water partition coefficient (Wildman–Crippen LogP) is 4.43. The largest absolute Gasteiger partial charge is 0.317 e. The lowest BCUT2D eigenvalue weighted by atomic mass is 9.70. The van der Waals surface area contributed by atoms with E-state index in [9.17, 15) is 0 Å². The molecule has 2 rings (SSSR count). The van der Waals surface area contributed by atoms with E-state index >= 15 is 0 Å². The number of nitrogens with one attached hydrogen (secondary N) is 1. The van der Waals surface area contributed by atoms with Crippen LogP contribution in [0.1, 0.15) is 55.7 Å². The minimum atomic E-state index is 0.752. The molecule has 0 spiro atoms. The van der Waals surface area contributed by atoms with E-state index in [1.165, 1.54) is 36.9 Å². The van der Waals surface area contributed by atoms with E-state index in [0.29, 0.717) is 0 Å². The van der Waals surface area contributed by atoms with Gasteiger partial charge in [0.2, 0.25) is 0 Å². The molecule has 0 saturated heterocycles. The van der Waals surface area contributed by atoms with Crippen LogP contribution in [-0.4, -0.2) is 13.1 Å². The van der Waals surface area contributed by atoms with Gasteiger partial charge in [-0.3, -0.25) is 0 Å². The van der Waals surface area contributed by atoms with Crippen LogP contribution in [0.5, 0.6) is 0 Å². The van der Waals surface area contributed by atoms with Crippen LogP contribution in [0.2, 0.25) is 0 Å². The lowest BCUT2D eigenvalue weighted by Crippen LogP contribution is -2.31. The number of aryl methyl sites for hydroxylation is 2. The molecule has 1 aliphatic carbocycles. The van der Waals surface area contributed by atoms with Crippen LogP contribution in [0, 0.1) is 25.7 Å². The molecule has 0 aliphatic heterocycles. The van der Waals surface area contributed by atoms with E-state index in [2.05, 4.69) is 51.2 Å². The average Bonchev–Trinajstić information content (AvgIpc) is 2.40. The fourth-order valence-electron chi connectivity index (χ4n) is 3.56. The summed E-state index contributed by atoms with van der Waals surface area (Å²) in [5.74, 6) is 2.45. The molecule has 1 nitrogen and oxygen atoms in total. The molecule has 0 radical (unpaired) electrons. The van der Waals surface area contributed by atoms with Gasteiger partial charge in [-0.1, -0.05) is 44.0 Å². The molecule has 19 heavy (non-hydrogen) atoms. The first kappa shape index (κ1) is 14.6. The Balaban J connectivity index is 2.23. The van der Waals surface area contributed by atoms with Crippen molar-refractivity contribution in [3.63, 3.8) is 0 Å². The van der Waals surface area contributed by atoms with Gasteiger partial charge in [-0.25, -0.2) is 0 Å². The number of hydrogen-bond acceptors (Lipinski definition) is 1. The van der Waals surface area contributed by atoms with Crippen molar-refractivity contribution in [3.05, 3.63) is 34.9 Å². The molecule has 1 N–H and O–H groups in total. The minimum absolute atomic E-state index is 0.752. The second kappa shape index (κ2) is 6.56. The standard InChI is InChI=1S/C18H29N/c1-5-19-12-16-9-7-14(3)11-18(16)17-10-13(2)6-8-15(17)4/h6,8,10,14,16,18-19H,5,7,9,11-12H2,1-4H3. The van der Waals surface area contributed by atoms with Crippen molar-refractivity contribution in [2.75, 3.05) is 13.1 Å². The molecule has 0 amide bonds. The molecule has 1 aromatic carbocycles. The Kier molecular flexibility index (Phi) is 5.04. The zero-order valence-electron chi connectivity index (χ0n) is 13.0. The molecule has 3 unspecified atom stereocenters. The Hall–Kier alpha value is -0.820. The SMILES string of the molecule is CCNCC1CCC(C)CC1c1cc(C)ccc1C. The van der Waals surface area contributed by atoms with E-state index in [1.54, 1.807) is 5.56 Å². The third-order valence-electron chi connectivity index (χ3n) is 4.75. The van der Waals surface area contributed by atoms with Crippen molar-refractivity contribution >= 4 is 0 Å². The van der Waals surface area contributed by atoms with E-state index in [1.807, 2.05) is 0 Å². The van der Waals surface area contributed by atoms with Gasteiger partial charge in [-0.05, 0) is 68.7 Å². The summed E-state index contributed by atoms with van der Waals surface area (Å²) in [5, 5.41) is 3.57. The van der Waals surface area contributed by atoms with Gasteiger partial charge in [0, 0.05) is 0 Å². The van der Waals surface area contributed by atoms with Gasteiger partial charge in [0.15, 0.2) is 0 Å². The van der Waals surface area contributed by atoms with Crippen molar-refractivity contribution in [1.82, 2.24) is 5.32 Å². The zero-order chi connectivity index (χ0) is 13.8. The number of hydrogen-bond donors (Lipinski definition) is 1. The lowest BCUT2D eigenvalue weighted by molar-refractivity contribution is 0.242. The minimum Gasteiger partial charge on any atom is -0.317 e. The van der Waals surface area contributed by atoms with Crippen molar-refractivity contribution < 1.29 is 0 Å². The Morgan fingerprint density at radius 3 is 2.74 bits per heavy atom. The maximum atomic E-state index is 3.57. The highest BCUT2D eigenvalue weighted by molar-refractivity contribution is 5.34. The maximum absolute atomic E-state index is 3.57. The van der Waals surface area contributed by atoms with E-state index < -0.39 is 0 Å². The first-order valence-electron chi connectivity index (χ1n) is 7.89. The molecule has 1 aromatic rings. The second-order valence-electron chi connectivity index (χ2n) is 6.45. The molecule has 3 atom stereocenters. The van der Waals surface area contributed by atoms with E-state index in [4.69, 9.17) is 0 Å². The van der Waals surface area contributed by atoms with Gasteiger partial charge in [-0.15, -0.1) is 0 Å². The molecule has 1 heteroatoms. The highest BCUT2D eigenvalue weighted by Gasteiger charge is 2.30. The fourth-order valence-corrected chi connectivity index (χ4v) is 3.56. The van der Waals surface area contributed by atoms with Crippen LogP contribution in [0.25, 0.3) is 0 Å². The Morgan fingerprint density at radius 1 is 1.21 bits per heavy atom. The third kappa shape index (κ3) is 3.60. The van der Waals surface area contributed by atoms with Gasteiger partial charge >= 0.3 is 0 Å². The monoisotopic (exact) mass is 259 g/mol. The summed E-state index contributed by atoms with van der Waals surface area (Å²) in [6.45, 7) is 11.4. The molecule has 1 saturated carbocycles. The topological polar surface area (TPSA) is 12.0 Å². The molecule has 0 heterocycles. The average molecular weight is 259 g/mol. The fraction of sp³-hybridized carbons (Fsp3) is 0.667. The van der Waals surface area contributed by atoms with Crippen molar-refractivity contribution in [2.24, 2.45) is 11.8 Å². The van der Waals surface area contributed by atoms with Crippen molar-refractivity contribution in [3.8, 4) is 0 Å². The maximum Gasteiger partial charge on any atom is -0.00148 e. The Labute approximate surface area is 118 Å². The number of benzene rings is 1. The normalized spacial score (nSPS) is 27.5. The quantitative estimate of drug-likeness (QED) is 0.843. The molecule has 0 bridgehead atoms. The molecule has 106 valence electrons. The Morgan fingerprint density at radius 2 is 2.00 bits per heavy atom. The van der Waals surface area contributed by atoms with Gasteiger partial charge in [-0.2, -0.15) is 0 Å². The predicted molar refractivity (Wildman–Crippen MR) is 83.7 cm³/mol. The summed E-state index contributed by atoms with van der Waals surface area (Å²) in [6, 6.07) is 6.97. The first-order chi connectivity index (χ1) is 9.11. The van der Waals surface area contributed by atoms with Crippen LogP contribution >= 0.6 is 0 Å². The number of rotatable bonds is 4. The first-order valence-corrected chi connectivity index (χ1v) is 7.89. The summed E-state index contributed by atoms with van der Waals surface area (Å²) in [5.41, 5.74) is 4.49. The van der Waals surface area contributed by atoms with Crippen LogP contribution in [0.3, 0.4) is 0 Å². The summed E-state index contributed by atoms with van der Waals surface area (Å²) < 4.78 is 0. The molecular formula is C18H29N. The van der Waals surface area contributed by atoms with Crippen LogP contribution in [-0.2, 0) is 0 Å². The summed E-state index contributed by atoms with van der Waals surface area (Å²) >= 11 is 0. The van der Waals surface area contributed by atoms with E-state index in [0.717, 1.165) is 24.3 Å². The van der Waals surface area contributed by atoms with Gasteiger partial charge in [0.25, 0.3) is 0 Å². The lowest BCUT2D eigenvalue weighted by Gasteiger charge is -2.36. The summed E-state index contributed by atoms with van der Waals surface area (Å²) in [4.78, 5) is 0. The summed E-state index contributed by atoms with van der Waals surface area (Å²) in [7, 11) is 0. The highest BCUT2D eigenvalue weighted by atomic mass is 14.8. The van der Waals surface area contributed by atoms with Crippen molar-refractivity contribution in [2.45, 2.75) is 52.9 Å². The van der Waals surface area contributed by atoms with Gasteiger partial charge in [0.05, 0.1) is 0 Å². The molecule has 1 aliphatic rings. The molecule has 0 aromatic heterocycles. The smallest absolute Gasteiger partial charge is 0.00148 e. The molecule has 1 fully saturated rings. The van der Waals surface area contributed by atoms with E-state index in [-0.39, 0.29) is 0 Å². The molecular weight excluding hydrogens is 230 g/mol. The van der Waals surface area contributed by atoms with Crippen molar-refractivity contribution in [1.29, 1.82) is 0 Å². The second-order valence-corrected chi connectivity index (χ2v) is 6.45. The zero-order valence-corrected chi connectivity index (χ0v) is 13.0.